The summed E-state index contributed by atoms with van der Waals surface area (Å²) in [5, 5.41) is 11.8. The van der Waals surface area contributed by atoms with E-state index in [-0.39, 0.29) is 11.4 Å². The second-order valence-corrected chi connectivity index (χ2v) is 4.28. The van der Waals surface area contributed by atoms with Gasteiger partial charge in [-0.05, 0) is 6.92 Å². The van der Waals surface area contributed by atoms with Crippen molar-refractivity contribution in [1.29, 1.82) is 0 Å². The SMILES string of the molecule is Cc1cc(=O)n(N(C)C)c(O)c1-[n+]1ccccc1. The first-order valence-corrected chi connectivity index (χ1v) is 5.62. The summed E-state index contributed by atoms with van der Waals surface area (Å²) < 4.78 is 3.01. The highest BCUT2D eigenvalue weighted by Gasteiger charge is 2.21. The number of aromatic nitrogens is 2. The molecule has 2 aromatic rings. The lowest BCUT2D eigenvalue weighted by Crippen LogP contribution is -2.40. The van der Waals surface area contributed by atoms with Crippen molar-refractivity contribution in [2.75, 3.05) is 19.1 Å². The van der Waals surface area contributed by atoms with Gasteiger partial charge in [-0.1, -0.05) is 6.07 Å². The van der Waals surface area contributed by atoms with Crippen molar-refractivity contribution in [2.24, 2.45) is 0 Å². The van der Waals surface area contributed by atoms with Gasteiger partial charge in [0, 0.05) is 37.9 Å². The Morgan fingerprint density at radius 3 is 2.39 bits per heavy atom. The topological polar surface area (TPSA) is 49.4 Å². The van der Waals surface area contributed by atoms with Gasteiger partial charge in [0.1, 0.15) is 0 Å². The van der Waals surface area contributed by atoms with Crippen LogP contribution < -0.4 is 15.1 Å². The fourth-order valence-electron chi connectivity index (χ4n) is 1.95. The van der Waals surface area contributed by atoms with Crippen LogP contribution in [0.1, 0.15) is 5.56 Å². The van der Waals surface area contributed by atoms with Crippen LogP contribution in [0.3, 0.4) is 0 Å². The monoisotopic (exact) mass is 246 g/mol. The highest BCUT2D eigenvalue weighted by molar-refractivity contribution is 5.41. The second kappa shape index (κ2) is 4.52. The first-order chi connectivity index (χ1) is 8.52. The van der Waals surface area contributed by atoms with Gasteiger partial charge >= 0.3 is 0 Å². The van der Waals surface area contributed by atoms with Crippen LogP contribution in [0.15, 0.2) is 41.5 Å². The Morgan fingerprint density at radius 1 is 1.22 bits per heavy atom. The molecule has 2 heterocycles. The van der Waals surface area contributed by atoms with Gasteiger partial charge in [-0.3, -0.25) is 4.79 Å². The summed E-state index contributed by atoms with van der Waals surface area (Å²) in [6.07, 6.45) is 3.65. The van der Waals surface area contributed by atoms with E-state index in [1.165, 1.54) is 10.7 Å². The van der Waals surface area contributed by atoms with E-state index in [0.717, 1.165) is 5.56 Å². The van der Waals surface area contributed by atoms with Gasteiger partial charge in [0.05, 0.1) is 0 Å². The zero-order valence-electron chi connectivity index (χ0n) is 10.7. The minimum absolute atomic E-state index is 0.0683. The largest absolute Gasteiger partial charge is 0.488 e. The summed E-state index contributed by atoms with van der Waals surface area (Å²) in [5.74, 6) is -0.0683. The Bertz CT molecular complexity index is 618. The third kappa shape index (κ3) is 1.95. The second-order valence-electron chi connectivity index (χ2n) is 4.28. The number of hydrogen-bond donors (Lipinski definition) is 1. The van der Waals surface area contributed by atoms with E-state index in [4.69, 9.17) is 0 Å². The molecule has 0 bridgehead atoms. The van der Waals surface area contributed by atoms with E-state index in [1.807, 2.05) is 30.6 Å². The number of aromatic hydroxyl groups is 1. The molecule has 0 aliphatic rings. The molecule has 0 radical (unpaired) electrons. The number of aryl methyl sites for hydroxylation is 1. The molecule has 5 nitrogen and oxygen atoms in total. The Kier molecular flexibility index (Phi) is 3.06. The Balaban J connectivity index is 2.76. The fourth-order valence-corrected chi connectivity index (χ4v) is 1.95. The molecule has 5 heteroatoms. The zero-order valence-corrected chi connectivity index (χ0v) is 10.7. The molecule has 94 valence electrons. The van der Waals surface area contributed by atoms with Crippen LogP contribution >= 0.6 is 0 Å². The predicted octanol–water partition coefficient (Wildman–Crippen LogP) is 0.337. The number of nitrogens with zero attached hydrogens (tertiary/aromatic N) is 3. The Hall–Kier alpha value is -2.30. The van der Waals surface area contributed by atoms with Gasteiger partial charge in [0.2, 0.25) is 0 Å². The van der Waals surface area contributed by atoms with Crippen LogP contribution in [0.2, 0.25) is 0 Å². The highest BCUT2D eigenvalue weighted by Crippen LogP contribution is 2.17. The van der Waals surface area contributed by atoms with Crippen LogP contribution in [0.25, 0.3) is 5.69 Å². The van der Waals surface area contributed by atoms with Crippen molar-refractivity contribution in [3.05, 3.63) is 52.6 Å². The maximum Gasteiger partial charge on any atom is 0.288 e. The van der Waals surface area contributed by atoms with Crippen molar-refractivity contribution in [3.63, 3.8) is 0 Å². The van der Waals surface area contributed by atoms with Crippen LogP contribution in [0.5, 0.6) is 5.88 Å². The number of rotatable bonds is 2. The van der Waals surface area contributed by atoms with Crippen LogP contribution in [-0.4, -0.2) is 23.9 Å². The molecule has 1 N–H and O–H groups in total. The molecule has 0 aliphatic heterocycles. The molecule has 0 spiro atoms. The van der Waals surface area contributed by atoms with Crippen molar-refractivity contribution in [3.8, 4) is 11.6 Å². The molecule has 0 unspecified atom stereocenters. The van der Waals surface area contributed by atoms with Gasteiger partial charge in [-0.2, -0.15) is 9.24 Å². The third-order valence-corrected chi connectivity index (χ3v) is 2.71. The molecule has 0 atom stereocenters. The lowest BCUT2D eigenvalue weighted by molar-refractivity contribution is -0.597. The van der Waals surface area contributed by atoms with E-state index >= 15 is 0 Å². The summed E-state index contributed by atoms with van der Waals surface area (Å²) in [6, 6.07) is 7.13. The van der Waals surface area contributed by atoms with E-state index < -0.39 is 0 Å². The van der Waals surface area contributed by atoms with E-state index in [1.54, 1.807) is 30.6 Å². The Labute approximate surface area is 105 Å². The third-order valence-electron chi connectivity index (χ3n) is 2.71. The first kappa shape index (κ1) is 12.2. The molecule has 18 heavy (non-hydrogen) atoms. The lowest BCUT2D eigenvalue weighted by Gasteiger charge is -2.17. The Morgan fingerprint density at radius 2 is 1.83 bits per heavy atom. The summed E-state index contributed by atoms with van der Waals surface area (Å²) in [4.78, 5) is 11.8. The average Bonchev–Trinajstić information content (AvgIpc) is 2.28. The minimum Gasteiger partial charge on any atom is -0.488 e. The van der Waals surface area contributed by atoms with Gasteiger partial charge in [0.25, 0.3) is 17.1 Å². The van der Waals surface area contributed by atoms with Crippen LogP contribution in [0, 0.1) is 6.92 Å². The van der Waals surface area contributed by atoms with Gasteiger partial charge in [-0.15, -0.1) is 0 Å². The smallest absolute Gasteiger partial charge is 0.288 e. The van der Waals surface area contributed by atoms with Crippen molar-refractivity contribution < 1.29 is 9.67 Å². The van der Waals surface area contributed by atoms with Gasteiger partial charge < -0.3 is 10.1 Å². The molecule has 0 aliphatic carbocycles. The molecule has 0 fully saturated rings. The maximum absolute atomic E-state index is 11.8. The van der Waals surface area contributed by atoms with E-state index in [2.05, 4.69) is 0 Å². The average molecular weight is 246 g/mol. The van der Waals surface area contributed by atoms with Crippen LogP contribution in [-0.2, 0) is 0 Å². The lowest BCUT2D eigenvalue weighted by atomic mass is 10.2. The maximum atomic E-state index is 11.8. The molecular formula is C13H16N3O2+. The zero-order chi connectivity index (χ0) is 13.3. The molecule has 0 aromatic carbocycles. The predicted molar refractivity (Wildman–Crippen MR) is 68.7 cm³/mol. The molecule has 0 saturated carbocycles. The molecule has 2 aromatic heterocycles. The summed E-state index contributed by atoms with van der Waals surface area (Å²) in [6.45, 7) is 1.80. The minimum atomic E-state index is -0.254. The molecular weight excluding hydrogens is 230 g/mol. The molecule has 2 rings (SSSR count). The summed E-state index contributed by atoms with van der Waals surface area (Å²) in [5.41, 5.74) is 1.07. The van der Waals surface area contributed by atoms with Crippen molar-refractivity contribution >= 4 is 0 Å². The molecule has 0 amide bonds. The summed E-state index contributed by atoms with van der Waals surface area (Å²) in [7, 11) is 3.41. The summed E-state index contributed by atoms with van der Waals surface area (Å²) >= 11 is 0. The van der Waals surface area contributed by atoms with Crippen LogP contribution in [0.4, 0.5) is 0 Å². The van der Waals surface area contributed by atoms with Crippen molar-refractivity contribution in [1.82, 2.24) is 4.68 Å². The standard InChI is InChI=1S/C13H15N3O2/c1-10-9-11(17)16(14(2)3)13(18)12(10)15-7-5-4-6-8-15/h4-9H,1-3H3/p+1. The van der Waals surface area contributed by atoms with Crippen molar-refractivity contribution in [2.45, 2.75) is 6.92 Å². The van der Waals surface area contributed by atoms with Gasteiger partial charge in [-0.25, -0.2) is 0 Å². The quantitative estimate of drug-likeness (QED) is 0.777. The van der Waals surface area contributed by atoms with Gasteiger partial charge in [0.15, 0.2) is 12.4 Å². The number of pyridine rings is 2. The molecule has 0 saturated heterocycles. The number of hydrogen-bond acceptors (Lipinski definition) is 3. The van der Waals surface area contributed by atoms with E-state index in [9.17, 15) is 9.90 Å². The highest BCUT2D eigenvalue weighted by atomic mass is 16.3. The normalized spacial score (nSPS) is 10.4. The fraction of sp³-hybridized carbons (Fsp3) is 0.231. The first-order valence-electron chi connectivity index (χ1n) is 5.62. The van der Waals surface area contributed by atoms with E-state index in [0.29, 0.717) is 5.69 Å².